The van der Waals surface area contributed by atoms with Gasteiger partial charge in [-0.25, -0.2) is 0 Å². The van der Waals surface area contributed by atoms with Crippen LogP contribution in [-0.4, -0.2) is 5.78 Å². The summed E-state index contributed by atoms with van der Waals surface area (Å²) < 4.78 is 0. The van der Waals surface area contributed by atoms with E-state index in [-0.39, 0.29) is 11.8 Å². The van der Waals surface area contributed by atoms with E-state index in [0.717, 1.165) is 12.8 Å². The van der Waals surface area contributed by atoms with Gasteiger partial charge in [-0.05, 0) is 12.8 Å². The summed E-state index contributed by atoms with van der Waals surface area (Å²) >= 11 is 0. The molecule has 1 rings (SSSR count). The van der Waals surface area contributed by atoms with Gasteiger partial charge in [0.1, 0.15) is 5.78 Å². The molecule has 1 heteroatoms. The molecule has 1 aliphatic rings. The van der Waals surface area contributed by atoms with Gasteiger partial charge in [0.05, 0.1) is 0 Å². The minimum atomic E-state index is 0.211. The number of ketones is 1. The molecule has 0 N–H and O–H groups in total. The molecule has 0 amide bonds. The lowest BCUT2D eigenvalue weighted by Crippen LogP contribution is -2.39. The second-order valence-electron chi connectivity index (χ2n) is 14.3. The topological polar surface area (TPSA) is 17.1 Å². The second kappa shape index (κ2) is 30.4. The van der Waals surface area contributed by atoms with Gasteiger partial charge >= 0.3 is 0 Å². The predicted octanol–water partition coefficient (Wildman–Crippen LogP) is 14.7. The van der Waals surface area contributed by atoms with Crippen molar-refractivity contribution in [3.63, 3.8) is 0 Å². The average molecular weight is 587 g/mol. The Hall–Kier alpha value is -0.590. The van der Waals surface area contributed by atoms with Crippen molar-refractivity contribution in [2.24, 2.45) is 11.8 Å². The highest BCUT2D eigenvalue weighted by atomic mass is 16.1. The third kappa shape index (κ3) is 22.0. The van der Waals surface area contributed by atoms with Crippen LogP contribution in [0.15, 0.2) is 12.2 Å². The first kappa shape index (κ1) is 39.4. The lowest BCUT2D eigenvalue weighted by atomic mass is 9.65. The number of hydrogen-bond donors (Lipinski definition) is 0. The van der Waals surface area contributed by atoms with E-state index in [0.29, 0.717) is 5.78 Å². The first-order valence-electron chi connectivity index (χ1n) is 19.9. The van der Waals surface area contributed by atoms with Gasteiger partial charge in [-0.15, -0.1) is 0 Å². The fourth-order valence-corrected chi connectivity index (χ4v) is 7.20. The lowest BCUT2D eigenvalue weighted by Gasteiger charge is -2.37. The van der Waals surface area contributed by atoms with Crippen molar-refractivity contribution in [2.45, 2.75) is 232 Å². The van der Waals surface area contributed by atoms with Gasteiger partial charge in [0.2, 0.25) is 0 Å². The van der Waals surface area contributed by atoms with Gasteiger partial charge in [0.25, 0.3) is 0 Å². The molecule has 0 aromatic heterocycles. The van der Waals surface area contributed by atoms with Crippen molar-refractivity contribution in [2.75, 3.05) is 0 Å². The fraction of sp³-hybridized carbons (Fsp3) is 0.927. The zero-order chi connectivity index (χ0) is 30.4. The van der Waals surface area contributed by atoms with Crippen LogP contribution >= 0.6 is 0 Å². The van der Waals surface area contributed by atoms with Crippen molar-refractivity contribution >= 4 is 5.78 Å². The summed E-state index contributed by atoms with van der Waals surface area (Å²) in [4.78, 5) is 12.7. The Kier molecular flexibility index (Phi) is 28.6. The van der Waals surface area contributed by atoms with E-state index in [4.69, 9.17) is 0 Å². The highest BCUT2D eigenvalue weighted by Crippen LogP contribution is 2.41. The van der Waals surface area contributed by atoms with Crippen LogP contribution in [-0.2, 0) is 4.79 Å². The molecule has 0 radical (unpaired) electrons. The maximum Gasteiger partial charge on any atom is 0.147 e. The van der Waals surface area contributed by atoms with Gasteiger partial charge in [-0.1, -0.05) is 231 Å². The smallest absolute Gasteiger partial charge is 0.147 e. The van der Waals surface area contributed by atoms with E-state index < -0.39 is 0 Å². The van der Waals surface area contributed by atoms with Gasteiger partial charge in [0.15, 0.2) is 0 Å². The number of carbonyl (C=O) groups excluding carboxylic acids is 1. The Bertz CT molecular complexity index is 528. The molecule has 2 atom stereocenters. The molecule has 0 aliphatic heterocycles. The molecule has 0 aromatic carbocycles. The number of unbranched alkanes of at least 4 members (excludes halogenated alkanes) is 30. The quantitative estimate of drug-likeness (QED) is 0.0541. The summed E-state index contributed by atoms with van der Waals surface area (Å²) in [5.74, 6) is 0.951. The highest BCUT2D eigenvalue weighted by molar-refractivity contribution is 5.96. The van der Waals surface area contributed by atoms with Crippen molar-refractivity contribution in [1.82, 2.24) is 0 Å². The zero-order valence-corrected chi connectivity index (χ0v) is 29.3. The summed E-state index contributed by atoms with van der Waals surface area (Å²) in [6.45, 7) is 8.93. The summed E-state index contributed by atoms with van der Waals surface area (Å²) in [6.07, 6.45) is 47.1. The van der Waals surface area contributed by atoms with Crippen molar-refractivity contribution in [3.05, 3.63) is 12.2 Å². The molecule has 1 nitrogen and oxygen atoms in total. The van der Waals surface area contributed by atoms with Gasteiger partial charge < -0.3 is 0 Å². The molecule has 1 fully saturated rings. The number of Topliss-reactive ketones (excluding diaryl/α,β-unsaturated/α-hetero) is 1. The Morgan fingerprint density at radius 3 is 0.738 bits per heavy atom. The SMILES string of the molecule is C=C1C(CCCCCCCCCCCCCCCCCC)C(=O)C1CCCCCCCCCCCCCCCCCC. The summed E-state index contributed by atoms with van der Waals surface area (Å²) in [6, 6.07) is 0. The normalized spacial score (nSPS) is 16.8. The highest BCUT2D eigenvalue weighted by Gasteiger charge is 2.41. The third-order valence-electron chi connectivity index (χ3n) is 10.3. The van der Waals surface area contributed by atoms with Crippen LogP contribution in [0.3, 0.4) is 0 Å². The van der Waals surface area contributed by atoms with E-state index in [2.05, 4.69) is 20.4 Å². The number of hydrogen-bond acceptors (Lipinski definition) is 1. The van der Waals surface area contributed by atoms with Gasteiger partial charge in [-0.2, -0.15) is 0 Å². The zero-order valence-electron chi connectivity index (χ0n) is 29.3. The van der Waals surface area contributed by atoms with Crippen LogP contribution in [0.25, 0.3) is 0 Å². The molecule has 2 unspecified atom stereocenters. The Morgan fingerprint density at radius 2 is 0.548 bits per heavy atom. The van der Waals surface area contributed by atoms with Crippen LogP contribution < -0.4 is 0 Å². The molecule has 1 saturated carbocycles. The van der Waals surface area contributed by atoms with E-state index in [1.165, 1.54) is 211 Å². The van der Waals surface area contributed by atoms with Crippen LogP contribution in [0, 0.1) is 11.8 Å². The first-order chi connectivity index (χ1) is 20.7. The van der Waals surface area contributed by atoms with Crippen LogP contribution in [0.5, 0.6) is 0 Å². The lowest BCUT2D eigenvalue weighted by molar-refractivity contribution is -0.130. The van der Waals surface area contributed by atoms with Crippen molar-refractivity contribution in [1.29, 1.82) is 0 Å². The number of carbonyl (C=O) groups is 1. The molecular weight excluding hydrogens is 508 g/mol. The minimum Gasteiger partial charge on any atom is -0.298 e. The van der Waals surface area contributed by atoms with Crippen molar-refractivity contribution < 1.29 is 4.79 Å². The number of allylic oxidation sites excluding steroid dienone is 1. The molecule has 0 aromatic rings. The third-order valence-corrected chi connectivity index (χ3v) is 10.3. The van der Waals surface area contributed by atoms with Crippen LogP contribution in [0.1, 0.15) is 232 Å². The van der Waals surface area contributed by atoms with Crippen LogP contribution in [0.4, 0.5) is 0 Å². The van der Waals surface area contributed by atoms with E-state index in [9.17, 15) is 4.79 Å². The Balaban J connectivity index is 1.80. The summed E-state index contributed by atoms with van der Waals surface area (Å²) in [5, 5.41) is 0. The fourth-order valence-electron chi connectivity index (χ4n) is 7.20. The monoisotopic (exact) mass is 587 g/mol. The second-order valence-corrected chi connectivity index (χ2v) is 14.3. The van der Waals surface area contributed by atoms with Crippen molar-refractivity contribution in [3.8, 4) is 0 Å². The number of rotatable bonds is 34. The summed E-state index contributed by atoms with van der Waals surface area (Å²) in [5.41, 5.74) is 1.28. The first-order valence-corrected chi connectivity index (χ1v) is 19.9. The molecule has 0 spiro atoms. The minimum absolute atomic E-state index is 0.211. The Labute approximate surface area is 266 Å². The Morgan fingerprint density at radius 1 is 0.357 bits per heavy atom. The molecule has 42 heavy (non-hydrogen) atoms. The molecule has 0 bridgehead atoms. The predicted molar refractivity (Wildman–Crippen MR) is 189 cm³/mol. The maximum atomic E-state index is 12.7. The maximum absolute atomic E-state index is 12.7. The summed E-state index contributed by atoms with van der Waals surface area (Å²) in [7, 11) is 0. The van der Waals surface area contributed by atoms with Gasteiger partial charge in [-0.3, -0.25) is 4.79 Å². The molecule has 0 saturated heterocycles. The van der Waals surface area contributed by atoms with E-state index in [1.54, 1.807) is 0 Å². The molecular formula is C41H78O. The van der Waals surface area contributed by atoms with Gasteiger partial charge in [0, 0.05) is 11.8 Å². The van der Waals surface area contributed by atoms with E-state index in [1.807, 2.05) is 0 Å². The van der Waals surface area contributed by atoms with E-state index >= 15 is 0 Å². The standard InChI is InChI=1S/C41H78O/c1-4-6-8-10-12-14-16-18-20-22-24-26-28-30-32-34-36-39-38(3)40(41(39)42)37-35-33-31-29-27-25-23-21-19-17-15-13-11-9-7-5-2/h39-40H,3-37H2,1-2H3. The molecule has 248 valence electrons. The largest absolute Gasteiger partial charge is 0.298 e. The van der Waals surface area contributed by atoms with Crippen LogP contribution in [0.2, 0.25) is 0 Å². The average Bonchev–Trinajstić information content (AvgIpc) is 3.00. The molecule has 0 heterocycles. The molecule has 1 aliphatic carbocycles.